The Bertz CT molecular complexity index is 787. The lowest BCUT2D eigenvalue weighted by Gasteiger charge is -2.12. The molecule has 1 atom stereocenters. The van der Waals surface area contributed by atoms with Crippen LogP contribution in [0.2, 0.25) is 5.02 Å². The predicted octanol–water partition coefficient (Wildman–Crippen LogP) is 2.55. The zero-order valence-electron chi connectivity index (χ0n) is 11.3. The topological polar surface area (TPSA) is 91.7 Å². The summed E-state index contributed by atoms with van der Waals surface area (Å²) in [5.74, 6) is -1.75. The van der Waals surface area contributed by atoms with Gasteiger partial charge in [-0.1, -0.05) is 41.9 Å². The summed E-state index contributed by atoms with van der Waals surface area (Å²) in [7, 11) is -3.80. The molecule has 0 spiro atoms. The fraction of sp³-hybridized carbons (Fsp3) is 0.133. The Morgan fingerprint density at radius 2 is 1.77 bits per heavy atom. The molecule has 0 unspecified atom stereocenters. The number of aliphatic hydroxyl groups excluding tert-OH is 1. The van der Waals surface area contributed by atoms with Crippen molar-refractivity contribution >= 4 is 27.4 Å². The van der Waals surface area contributed by atoms with Gasteiger partial charge in [-0.3, -0.25) is 0 Å². The van der Waals surface area contributed by atoms with Crippen molar-refractivity contribution in [2.75, 3.05) is 5.75 Å². The highest BCUT2D eigenvalue weighted by molar-refractivity contribution is 7.91. The number of carboxylic acids is 1. The average Bonchev–Trinajstić information content (AvgIpc) is 2.47. The first-order chi connectivity index (χ1) is 10.3. The van der Waals surface area contributed by atoms with E-state index in [-0.39, 0.29) is 15.5 Å². The van der Waals surface area contributed by atoms with E-state index in [0.29, 0.717) is 5.56 Å². The van der Waals surface area contributed by atoms with E-state index in [9.17, 15) is 18.3 Å². The fourth-order valence-electron chi connectivity index (χ4n) is 1.94. The SMILES string of the molecule is O=C(O)c1ccc(S(=O)(=O)C[C@@H](O)c2ccccc2)cc1Cl. The predicted molar refractivity (Wildman–Crippen MR) is 81.9 cm³/mol. The molecular formula is C15H13ClO5S. The second-order valence-corrected chi connectivity index (χ2v) is 7.10. The Morgan fingerprint density at radius 3 is 2.32 bits per heavy atom. The molecule has 22 heavy (non-hydrogen) atoms. The van der Waals surface area contributed by atoms with Crippen molar-refractivity contribution in [2.24, 2.45) is 0 Å². The molecule has 2 N–H and O–H groups in total. The zero-order valence-corrected chi connectivity index (χ0v) is 12.9. The molecule has 2 aromatic rings. The van der Waals surface area contributed by atoms with Crippen LogP contribution in [0.5, 0.6) is 0 Å². The van der Waals surface area contributed by atoms with E-state index in [1.165, 1.54) is 6.07 Å². The van der Waals surface area contributed by atoms with Gasteiger partial charge >= 0.3 is 5.97 Å². The summed E-state index contributed by atoms with van der Waals surface area (Å²) >= 11 is 5.78. The first-order valence-corrected chi connectivity index (χ1v) is 8.33. The van der Waals surface area contributed by atoms with Gasteiger partial charge in [0.2, 0.25) is 0 Å². The first-order valence-electron chi connectivity index (χ1n) is 6.30. The largest absolute Gasteiger partial charge is 0.478 e. The van der Waals surface area contributed by atoms with Crippen LogP contribution in [-0.4, -0.2) is 30.4 Å². The standard InChI is InChI=1S/C15H13ClO5S/c16-13-8-11(6-7-12(13)15(18)19)22(20,21)9-14(17)10-4-2-1-3-5-10/h1-8,14,17H,9H2,(H,18,19)/t14-/m1/s1. The number of benzene rings is 2. The zero-order chi connectivity index (χ0) is 16.3. The van der Waals surface area contributed by atoms with Gasteiger partial charge in [0.05, 0.1) is 27.3 Å². The van der Waals surface area contributed by atoms with Crippen molar-refractivity contribution in [1.29, 1.82) is 0 Å². The van der Waals surface area contributed by atoms with Gasteiger partial charge < -0.3 is 10.2 Å². The Morgan fingerprint density at radius 1 is 1.14 bits per heavy atom. The lowest BCUT2D eigenvalue weighted by atomic mass is 10.1. The molecular weight excluding hydrogens is 328 g/mol. The minimum atomic E-state index is -3.80. The van der Waals surface area contributed by atoms with E-state index in [2.05, 4.69) is 0 Å². The summed E-state index contributed by atoms with van der Waals surface area (Å²) in [4.78, 5) is 10.7. The van der Waals surface area contributed by atoms with Crippen LogP contribution < -0.4 is 0 Å². The summed E-state index contributed by atoms with van der Waals surface area (Å²) in [6.45, 7) is 0. The van der Waals surface area contributed by atoms with Gasteiger partial charge in [0.15, 0.2) is 9.84 Å². The van der Waals surface area contributed by atoms with Crippen molar-refractivity contribution in [3.63, 3.8) is 0 Å². The number of carboxylic acid groups (broad SMARTS) is 1. The Balaban J connectivity index is 2.27. The second kappa shape index (κ2) is 6.48. The normalized spacial score (nSPS) is 12.8. The van der Waals surface area contributed by atoms with E-state index in [1.54, 1.807) is 30.3 Å². The maximum absolute atomic E-state index is 12.3. The summed E-state index contributed by atoms with van der Waals surface area (Å²) in [5, 5.41) is 18.7. The molecule has 0 heterocycles. The van der Waals surface area contributed by atoms with Gasteiger partial charge in [0.1, 0.15) is 0 Å². The lowest BCUT2D eigenvalue weighted by molar-refractivity contribution is 0.0697. The Hall–Kier alpha value is -1.89. The van der Waals surface area contributed by atoms with E-state index >= 15 is 0 Å². The summed E-state index contributed by atoms with van der Waals surface area (Å²) in [5.41, 5.74) is 0.309. The number of carbonyl (C=O) groups is 1. The van der Waals surface area contributed by atoms with Gasteiger partial charge in [-0.15, -0.1) is 0 Å². The molecule has 2 rings (SSSR count). The molecule has 7 heteroatoms. The minimum Gasteiger partial charge on any atom is -0.478 e. The quantitative estimate of drug-likeness (QED) is 0.872. The maximum Gasteiger partial charge on any atom is 0.337 e. The highest BCUT2D eigenvalue weighted by Crippen LogP contribution is 2.24. The molecule has 0 aliphatic rings. The molecule has 0 saturated carbocycles. The van der Waals surface area contributed by atoms with Crippen molar-refractivity contribution in [3.8, 4) is 0 Å². The molecule has 0 radical (unpaired) electrons. The average molecular weight is 341 g/mol. The molecule has 0 saturated heterocycles. The number of hydrogen-bond donors (Lipinski definition) is 2. The highest BCUT2D eigenvalue weighted by atomic mass is 35.5. The third kappa shape index (κ3) is 3.65. The van der Waals surface area contributed by atoms with Gasteiger partial charge in [0.25, 0.3) is 0 Å². The summed E-state index contributed by atoms with van der Waals surface area (Å²) in [6.07, 6.45) is -1.18. The number of rotatable bonds is 5. The van der Waals surface area contributed by atoms with Crippen molar-refractivity contribution in [1.82, 2.24) is 0 Å². The van der Waals surface area contributed by atoms with Gasteiger partial charge in [0, 0.05) is 0 Å². The van der Waals surface area contributed by atoms with E-state index < -0.39 is 27.7 Å². The summed E-state index contributed by atoms with van der Waals surface area (Å²) < 4.78 is 24.6. The number of aromatic carboxylic acids is 1. The Kier molecular flexibility index (Phi) is 4.85. The van der Waals surface area contributed by atoms with Crippen molar-refractivity contribution in [3.05, 3.63) is 64.7 Å². The van der Waals surface area contributed by atoms with Crippen molar-refractivity contribution in [2.45, 2.75) is 11.0 Å². The van der Waals surface area contributed by atoms with Crippen molar-refractivity contribution < 1.29 is 23.4 Å². The third-order valence-corrected chi connectivity index (χ3v) is 5.13. The van der Waals surface area contributed by atoms with Gasteiger partial charge in [-0.25, -0.2) is 13.2 Å². The van der Waals surface area contributed by atoms with Gasteiger partial charge in [-0.2, -0.15) is 0 Å². The number of halogens is 1. The monoisotopic (exact) mass is 340 g/mol. The number of aliphatic hydroxyl groups is 1. The van der Waals surface area contributed by atoms with E-state index in [0.717, 1.165) is 12.1 Å². The minimum absolute atomic E-state index is 0.127. The Labute approximate surface area is 132 Å². The summed E-state index contributed by atoms with van der Waals surface area (Å²) in [6, 6.07) is 11.8. The molecule has 0 aromatic heterocycles. The van der Waals surface area contributed by atoms with Crippen LogP contribution in [0.4, 0.5) is 0 Å². The molecule has 0 aliphatic carbocycles. The molecule has 0 aliphatic heterocycles. The van der Waals surface area contributed by atoms with Crippen LogP contribution >= 0.6 is 11.6 Å². The lowest BCUT2D eigenvalue weighted by Crippen LogP contribution is -2.15. The van der Waals surface area contributed by atoms with Gasteiger partial charge in [-0.05, 0) is 23.8 Å². The molecule has 5 nitrogen and oxygen atoms in total. The molecule has 0 bridgehead atoms. The fourth-order valence-corrected chi connectivity index (χ4v) is 3.64. The maximum atomic E-state index is 12.3. The number of hydrogen-bond acceptors (Lipinski definition) is 4. The first kappa shape index (κ1) is 16.5. The van der Waals surface area contributed by atoms with E-state index in [4.69, 9.17) is 16.7 Å². The van der Waals surface area contributed by atoms with Crippen LogP contribution in [0.3, 0.4) is 0 Å². The van der Waals surface area contributed by atoms with Crippen LogP contribution in [-0.2, 0) is 9.84 Å². The molecule has 2 aromatic carbocycles. The van der Waals surface area contributed by atoms with Crippen LogP contribution in [0.25, 0.3) is 0 Å². The molecule has 0 fully saturated rings. The molecule has 116 valence electrons. The third-order valence-electron chi connectivity index (χ3n) is 3.09. The van der Waals surface area contributed by atoms with Crippen LogP contribution in [0.1, 0.15) is 22.0 Å². The molecule has 0 amide bonds. The van der Waals surface area contributed by atoms with Crippen LogP contribution in [0.15, 0.2) is 53.4 Å². The number of sulfone groups is 1. The second-order valence-electron chi connectivity index (χ2n) is 4.65. The smallest absolute Gasteiger partial charge is 0.337 e. The highest BCUT2D eigenvalue weighted by Gasteiger charge is 2.22. The van der Waals surface area contributed by atoms with Crippen LogP contribution in [0, 0.1) is 0 Å². The van der Waals surface area contributed by atoms with E-state index in [1.807, 2.05) is 0 Å².